The minimum absolute atomic E-state index is 0.160. The Morgan fingerprint density at radius 2 is 2.00 bits per heavy atom. The van der Waals surface area contributed by atoms with Gasteiger partial charge in [0.15, 0.2) is 5.82 Å². The molecule has 0 saturated carbocycles. The first kappa shape index (κ1) is 18.8. The van der Waals surface area contributed by atoms with E-state index in [1.165, 1.54) is 7.11 Å². The van der Waals surface area contributed by atoms with Gasteiger partial charge in [-0.3, -0.25) is 0 Å². The highest BCUT2D eigenvalue weighted by Crippen LogP contribution is 2.16. The smallest absolute Gasteiger partial charge is 0.321 e. The Labute approximate surface area is 158 Å². The van der Waals surface area contributed by atoms with Gasteiger partial charge in [-0.25, -0.2) is 4.79 Å². The number of urea groups is 1. The third kappa shape index (κ3) is 5.04. The van der Waals surface area contributed by atoms with Gasteiger partial charge < -0.3 is 25.0 Å². The second-order valence-electron chi connectivity index (χ2n) is 6.26. The van der Waals surface area contributed by atoms with Gasteiger partial charge in [-0.2, -0.15) is 15.0 Å². The zero-order chi connectivity index (χ0) is 19.2. The fourth-order valence-corrected chi connectivity index (χ4v) is 2.74. The quantitative estimate of drug-likeness (QED) is 0.823. The molecule has 1 fully saturated rings. The molecule has 27 heavy (non-hydrogen) atoms. The second-order valence-corrected chi connectivity index (χ2v) is 6.26. The van der Waals surface area contributed by atoms with Crippen LogP contribution in [0.25, 0.3) is 0 Å². The van der Waals surface area contributed by atoms with Crippen LogP contribution in [0.5, 0.6) is 6.01 Å². The van der Waals surface area contributed by atoms with Crippen LogP contribution in [0.3, 0.4) is 0 Å². The molecule has 1 saturated heterocycles. The Kier molecular flexibility index (Phi) is 6.02. The van der Waals surface area contributed by atoms with Crippen LogP contribution >= 0.6 is 0 Å². The van der Waals surface area contributed by atoms with Crippen molar-refractivity contribution in [3.63, 3.8) is 0 Å². The van der Waals surface area contributed by atoms with Gasteiger partial charge >= 0.3 is 12.0 Å². The molecule has 9 nitrogen and oxygen atoms in total. The van der Waals surface area contributed by atoms with Crippen molar-refractivity contribution in [1.82, 2.24) is 20.3 Å². The molecule has 9 heteroatoms. The number of nitrogens with one attached hydrogen (secondary N) is 2. The molecule has 0 spiro atoms. The summed E-state index contributed by atoms with van der Waals surface area (Å²) in [6.07, 6.45) is 0. The summed E-state index contributed by atoms with van der Waals surface area (Å²) >= 11 is 0. The van der Waals surface area contributed by atoms with E-state index in [9.17, 15) is 4.79 Å². The van der Waals surface area contributed by atoms with Gasteiger partial charge in [0.2, 0.25) is 5.95 Å². The summed E-state index contributed by atoms with van der Waals surface area (Å²) in [5, 5.41) is 5.60. The van der Waals surface area contributed by atoms with E-state index in [0.717, 1.165) is 16.8 Å². The van der Waals surface area contributed by atoms with Crippen molar-refractivity contribution in [2.75, 3.05) is 43.6 Å². The number of ether oxygens (including phenoxy) is 2. The van der Waals surface area contributed by atoms with Crippen molar-refractivity contribution in [1.29, 1.82) is 0 Å². The standard InChI is InChI=1S/C18H24N6O3/c1-12-4-5-14(13(2)10-12)20-17(25)19-11-15-21-16(23-18(22-15)26-3)24-6-8-27-9-7-24/h4-5,10H,6-9,11H2,1-3H3,(H2,19,20,25). The number of benzene rings is 1. The van der Waals surface area contributed by atoms with Crippen LogP contribution in [0.1, 0.15) is 17.0 Å². The van der Waals surface area contributed by atoms with E-state index in [1.807, 2.05) is 36.9 Å². The minimum Gasteiger partial charge on any atom is -0.467 e. The van der Waals surface area contributed by atoms with Crippen LogP contribution in [0.4, 0.5) is 16.4 Å². The number of rotatable bonds is 5. The first-order valence-corrected chi connectivity index (χ1v) is 8.79. The lowest BCUT2D eigenvalue weighted by Crippen LogP contribution is -2.38. The van der Waals surface area contributed by atoms with Crippen molar-refractivity contribution in [2.24, 2.45) is 0 Å². The molecule has 2 aromatic rings. The van der Waals surface area contributed by atoms with Crippen LogP contribution in [0.15, 0.2) is 18.2 Å². The van der Waals surface area contributed by atoms with Crippen LogP contribution in [0, 0.1) is 13.8 Å². The van der Waals surface area contributed by atoms with Gasteiger partial charge in [0.25, 0.3) is 0 Å². The molecule has 2 amide bonds. The Hall–Kier alpha value is -2.94. The van der Waals surface area contributed by atoms with Gasteiger partial charge in [-0.05, 0) is 25.5 Å². The monoisotopic (exact) mass is 372 g/mol. The maximum absolute atomic E-state index is 12.2. The summed E-state index contributed by atoms with van der Waals surface area (Å²) in [5.41, 5.74) is 2.91. The van der Waals surface area contributed by atoms with Gasteiger partial charge in [0.1, 0.15) is 0 Å². The molecule has 2 N–H and O–H groups in total. The van der Waals surface area contributed by atoms with Crippen molar-refractivity contribution >= 4 is 17.7 Å². The number of morpholine rings is 1. The number of amides is 2. The fraction of sp³-hybridized carbons (Fsp3) is 0.444. The summed E-state index contributed by atoms with van der Waals surface area (Å²) in [4.78, 5) is 27.2. The van der Waals surface area contributed by atoms with Crippen LogP contribution in [-0.2, 0) is 11.3 Å². The molecule has 1 aromatic carbocycles. The Morgan fingerprint density at radius 1 is 1.22 bits per heavy atom. The summed E-state index contributed by atoms with van der Waals surface area (Å²) in [6, 6.07) is 5.74. The second kappa shape index (κ2) is 8.63. The molecule has 0 radical (unpaired) electrons. The number of nitrogens with zero attached hydrogens (tertiary/aromatic N) is 4. The topological polar surface area (TPSA) is 102 Å². The van der Waals surface area contributed by atoms with Crippen molar-refractivity contribution in [3.05, 3.63) is 35.2 Å². The zero-order valence-electron chi connectivity index (χ0n) is 15.8. The highest BCUT2D eigenvalue weighted by molar-refractivity contribution is 5.90. The number of hydrogen-bond donors (Lipinski definition) is 2. The summed E-state index contributed by atoms with van der Waals surface area (Å²) in [7, 11) is 1.50. The molecule has 0 aliphatic carbocycles. The van der Waals surface area contributed by atoms with Crippen molar-refractivity contribution < 1.29 is 14.3 Å². The number of carbonyl (C=O) groups excluding carboxylic acids is 1. The Morgan fingerprint density at radius 3 is 2.70 bits per heavy atom. The molecule has 1 aliphatic rings. The van der Waals surface area contributed by atoms with E-state index in [0.29, 0.717) is 38.1 Å². The average molecular weight is 372 g/mol. The molecular weight excluding hydrogens is 348 g/mol. The molecule has 0 unspecified atom stereocenters. The summed E-state index contributed by atoms with van der Waals surface area (Å²) in [5.74, 6) is 0.954. The third-order valence-electron chi connectivity index (χ3n) is 4.16. The molecular formula is C18H24N6O3. The SMILES string of the molecule is COc1nc(CNC(=O)Nc2ccc(C)cc2C)nc(N2CCOCC2)n1. The van der Waals surface area contributed by atoms with Crippen LogP contribution in [-0.4, -0.2) is 54.4 Å². The third-order valence-corrected chi connectivity index (χ3v) is 4.16. The van der Waals surface area contributed by atoms with E-state index in [1.54, 1.807) is 0 Å². The largest absolute Gasteiger partial charge is 0.467 e. The van der Waals surface area contributed by atoms with E-state index in [2.05, 4.69) is 25.6 Å². The van der Waals surface area contributed by atoms with E-state index in [-0.39, 0.29) is 18.6 Å². The lowest BCUT2D eigenvalue weighted by molar-refractivity contribution is 0.122. The summed E-state index contributed by atoms with van der Waals surface area (Å²) in [6.45, 7) is 6.78. The van der Waals surface area contributed by atoms with E-state index in [4.69, 9.17) is 9.47 Å². The van der Waals surface area contributed by atoms with Gasteiger partial charge in [-0.15, -0.1) is 0 Å². The average Bonchev–Trinajstić information content (AvgIpc) is 2.69. The fourth-order valence-electron chi connectivity index (χ4n) is 2.74. The highest BCUT2D eigenvalue weighted by atomic mass is 16.5. The highest BCUT2D eigenvalue weighted by Gasteiger charge is 2.17. The number of aryl methyl sites for hydroxylation is 2. The number of aromatic nitrogens is 3. The first-order valence-electron chi connectivity index (χ1n) is 8.79. The zero-order valence-corrected chi connectivity index (χ0v) is 15.8. The normalized spacial score (nSPS) is 14.0. The van der Waals surface area contributed by atoms with Gasteiger partial charge in [0.05, 0.1) is 26.9 Å². The number of methoxy groups -OCH3 is 1. The van der Waals surface area contributed by atoms with Crippen LogP contribution < -0.4 is 20.3 Å². The summed E-state index contributed by atoms with van der Waals surface area (Å²) < 4.78 is 10.5. The predicted molar refractivity (Wildman–Crippen MR) is 101 cm³/mol. The first-order chi connectivity index (χ1) is 13.0. The van der Waals surface area contributed by atoms with Gasteiger partial charge in [-0.1, -0.05) is 17.7 Å². The van der Waals surface area contributed by atoms with Crippen LogP contribution in [0.2, 0.25) is 0 Å². The van der Waals surface area contributed by atoms with Crippen molar-refractivity contribution in [2.45, 2.75) is 20.4 Å². The molecule has 3 rings (SSSR count). The van der Waals surface area contributed by atoms with E-state index < -0.39 is 0 Å². The lowest BCUT2D eigenvalue weighted by Gasteiger charge is -2.26. The Bertz CT molecular complexity index is 808. The minimum atomic E-state index is -0.325. The molecule has 0 bridgehead atoms. The van der Waals surface area contributed by atoms with Crippen molar-refractivity contribution in [3.8, 4) is 6.01 Å². The molecule has 2 heterocycles. The molecule has 144 valence electrons. The maximum atomic E-state index is 12.2. The van der Waals surface area contributed by atoms with E-state index >= 15 is 0 Å². The lowest BCUT2D eigenvalue weighted by atomic mass is 10.1. The number of anilines is 2. The van der Waals surface area contributed by atoms with Gasteiger partial charge in [0, 0.05) is 18.8 Å². The predicted octanol–water partition coefficient (Wildman–Crippen LogP) is 1.66. The maximum Gasteiger partial charge on any atom is 0.321 e. The molecule has 1 aliphatic heterocycles. The number of hydrogen-bond acceptors (Lipinski definition) is 7. The molecule has 0 atom stereocenters. The molecule has 1 aromatic heterocycles. The Balaban J connectivity index is 1.64. The number of carbonyl (C=O) groups is 1.